The number of aryl methyl sites for hydroxylation is 2. The van der Waals surface area contributed by atoms with Crippen molar-refractivity contribution in [2.45, 2.75) is 39.7 Å². The molecular weight excluding hydrogens is 238 g/mol. The second-order valence-electron chi connectivity index (χ2n) is 4.75. The van der Waals surface area contributed by atoms with Crippen molar-refractivity contribution in [2.75, 3.05) is 6.54 Å². The Hall–Kier alpha value is -1.84. The molecule has 0 atom stereocenters. The van der Waals surface area contributed by atoms with E-state index in [1.54, 1.807) is 6.92 Å². The highest BCUT2D eigenvalue weighted by Gasteiger charge is 2.09. The molecule has 1 N–H and O–H groups in total. The quantitative estimate of drug-likeness (QED) is 0.810. The Balaban J connectivity index is 2.12. The number of imidazole rings is 1. The zero-order valence-electron chi connectivity index (χ0n) is 11.6. The Labute approximate surface area is 113 Å². The van der Waals surface area contributed by atoms with Crippen LogP contribution in [0.4, 0.5) is 0 Å². The van der Waals surface area contributed by atoms with Crippen molar-refractivity contribution in [1.82, 2.24) is 14.9 Å². The largest absolute Gasteiger partial charge is 0.356 e. The van der Waals surface area contributed by atoms with E-state index in [0.29, 0.717) is 6.54 Å². The van der Waals surface area contributed by atoms with Crippen LogP contribution in [0.2, 0.25) is 0 Å². The van der Waals surface area contributed by atoms with Gasteiger partial charge in [-0.05, 0) is 25.0 Å². The SMILES string of the molecule is CCCn1c(CCCNC(C)=O)nc2ccccc21. The average Bonchev–Trinajstić information content (AvgIpc) is 2.74. The van der Waals surface area contributed by atoms with Crippen LogP contribution in [-0.4, -0.2) is 22.0 Å². The third-order valence-corrected chi connectivity index (χ3v) is 3.13. The van der Waals surface area contributed by atoms with E-state index in [-0.39, 0.29) is 5.91 Å². The fourth-order valence-electron chi connectivity index (χ4n) is 2.30. The summed E-state index contributed by atoms with van der Waals surface area (Å²) < 4.78 is 2.29. The van der Waals surface area contributed by atoms with Crippen molar-refractivity contribution in [1.29, 1.82) is 0 Å². The number of amides is 1. The number of hydrogen-bond donors (Lipinski definition) is 1. The highest BCUT2D eigenvalue weighted by Crippen LogP contribution is 2.17. The van der Waals surface area contributed by atoms with Gasteiger partial charge >= 0.3 is 0 Å². The van der Waals surface area contributed by atoms with Gasteiger partial charge in [0.15, 0.2) is 0 Å². The molecule has 1 amide bonds. The van der Waals surface area contributed by atoms with Gasteiger partial charge in [-0.2, -0.15) is 0 Å². The van der Waals surface area contributed by atoms with Crippen LogP contribution in [0.5, 0.6) is 0 Å². The maximum Gasteiger partial charge on any atom is 0.216 e. The molecular formula is C15H21N3O. The van der Waals surface area contributed by atoms with Crippen molar-refractivity contribution in [2.24, 2.45) is 0 Å². The number of nitrogens with zero attached hydrogens (tertiary/aromatic N) is 2. The maximum atomic E-state index is 10.8. The summed E-state index contributed by atoms with van der Waals surface area (Å²) in [6, 6.07) is 8.25. The summed E-state index contributed by atoms with van der Waals surface area (Å²) in [6.45, 7) is 5.43. The van der Waals surface area contributed by atoms with Crippen molar-refractivity contribution < 1.29 is 4.79 Å². The Morgan fingerprint density at radius 1 is 1.37 bits per heavy atom. The molecule has 0 aliphatic rings. The molecule has 4 nitrogen and oxygen atoms in total. The predicted octanol–water partition coefficient (Wildman–Crippen LogP) is 2.52. The lowest BCUT2D eigenvalue weighted by molar-refractivity contribution is -0.118. The number of hydrogen-bond acceptors (Lipinski definition) is 2. The van der Waals surface area contributed by atoms with Crippen LogP contribution in [0.3, 0.4) is 0 Å². The first-order valence-electron chi connectivity index (χ1n) is 6.91. The van der Waals surface area contributed by atoms with Gasteiger partial charge in [-0.3, -0.25) is 4.79 Å². The molecule has 1 aromatic heterocycles. The third kappa shape index (κ3) is 3.34. The van der Waals surface area contributed by atoms with Gasteiger partial charge in [-0.15, -0.1) is 0 Å². The molecule has 0 saturated heterocycles. The average molecular weight is 259 g/mol. The van der Waals surface area contributed by atoms with E-state index in [0.717, 1.165) is 37.1 Å². The van der Waals surface area contributed by atoms with Crippen LogP contribution in [-0.2, 0) is 17.8 Å². The summed E-state index contributed by atoms with van der Waals surface area (Å²) >= 11 is 0. The number of nitrogens with one attached hydrogen (secondary N) is 1. The molecule has 0 aliphatic carbocycles. The highest BCUT2D eigenvalue weighted by molar-refractivity contribution is 5.76. The zero-order valence-corrected chi connectivity index (χ0v) is 11.6. The number of carbonyl (C=O) groups excluding carboxylic acids is 1. The second kappa shape index (κ2) is 6.36. The van der Waals surface area contributed by atoms with Crippen LogP contribution in [0.15, 0.2) is 24.3 Å². The molecule has 1 heterocycles. The van der Waals surface area contributed by atoms with Crippen LogP contribution >= 0.6 is 0 Å². The number of rotatable bonds is 6. The van der Waals surface area contributed by atoms with Crippen LogP contribution < -0.4 is 5.32 Å². The first kappa shape index (κ1) is 13.6. The number of carbonyl (C=O) groups is 1. The Kier molecular flexibility index (Phi) is 4.55. The van der Waals surface area contributed by atoms with E-state index in [2.05, 4.69) is 35.0 Å². The van der Waals surface area contributed by atoms with Gasteiger partial charge in [0.1, 0.15) is 5.82 Å². The van der Waals surface area contributed by atoms with Crippen LogP contribution in [0, 0.1) is 0 Å². The number of para-hydroxylation sites is 2. The van der Waals surface area contributed by atoms with E-state index in [1.165, 1.54) is 5.52 Å². The lowest BCUT2D eigenvalue weighted by atomic mass is 10.3. The van der Waals surface area contributed by atoms with E-state index in [9.17, 15) is 4.79 Å². The van der Waals surface area contributed by atoms with E-state index >= 15 is 0 Å². The van der Waals surface area contributed by atoms with Crippen molar-refractivity contribution in [3.63, 3.8) is 0 Å². The summed E-state index contributed by atoms with van der Waals surface area (Å²) in [7, 11) is 0. The number of fused-ring (bicyclic) bond motifs is 1. The minimum absolute atomic E-state index is 0.0297. The second-order valence-corrected chi connectivity index (χ2v) is 4.75. The molecule has 2 aromatic rings. The topological polar surface area (TPSA) is 46.9 Å². The standard InChI is InChI=1S/C15H21N3O/c1-3-11-18-14-8-5-4-7-13(14)17-15(18)9-6-10-16-12(2)19/h4-5,7-8H,3,6,9-11H2,1-2H3,(H,16,19). The van der Waals surface area contributed by atoms with Crippen molar-refractivity contribution in [3.05, 3.63) is 30.1 Å². The highest BCUT2D eigenvalue weighted by atomic mass is 16.1. The molecule has 102 valence electrons. The van der Waals surface area contributed by atoms with Gasteiger partial charge in [0.25, 0.3) is 0 Å². The normalized spacial score (nSPS) is 10.8. The van der Waals surface area contributed by atoms with Gasteiger partial charge in [0.05, 0.1) is 11.0 Å². The molecule has 0 unspecified atom stereocenters. The van der Waals surface area contributed by atoms with Gasteiger partial charge in [0.2, 0.25) is 5.91 Å². The van der Waals surface area contributed by atoms with E-state index < -0.39 is 0 Å². The number of benzene rings is 1. The minimum atomic E-state index is 0.0297. The summed E-state index contributed by atoms with van der Waals surface area (Å²) in [5.41, 5.74) is 2.27. The molecule has 0 spiro atoms. The smallest absolute Gasteiger partial charge is 0.216 e. The molecule has 0 aliphatic heterocycles. The first-order chi connectivity index (χ1) is 9.22. The summed E-state index contributed by atoms with van der Waals surface area (Å²) in [5.74, 6) is 1.15. The molecule has 0 saturated carbocycles. The summed E-state index contributed by atoms with van der Waals surface area (Å²) in [6.07, 6.45) is 2.92. The lowest BCUT2D eigenvalue weighted by Gasteiger charge is -2.07. The van der Waals surface area contributed by atoms with E-state index in [4.69, 9.17) is 4.98 Å². The molecule has 19 heavy (non-hydrogen) atoms. The van der Waals surface area contributed by atoms with Crippen molar-refractivity contribution >= 4 is 16.9 Å². The minimum Gasteiger partial charge on any atom is -0.356 e. The van der Waals surface area contributed by atoms with Crippen LogP contribution in [0.1, 0.15) is 32.5 Å². The Morgan fingerprint density at radius 3 is 2.89 bits per heavy atom. The van der Waals surface area contributed by atoms with Gasteiger partial charge in [-0.25, -0.2) is 4.98 Å². The molecule has 0 bridgehead atoms. The fourth-order valence-corrected chi connectivity index (χ4v) is 2.30. The van der Waals surface area contributed by atoms with Crippen LogP contribution in [0.25, 0.3) is 11.0 Å². The molecule has 0 radical (unpaired) electrons. The monoisotopic (exact) mass is 259 g/mol. The fraction of sp³-hybridized carbons (Fsp3) is 0.467. The van der Waals surface area contributed by atoms with Gasteiger partial charge in [0, 0.05) is 26.4 Å². The van der Waals surface area contributed by atoms with Gasteiger partial charge in [-0.1, -0.05) is 19.1 Å². The zero-order chi connectivity index (χ0) is 13.7. The van der Waals surface area contributed by atoms with Crippen molar-refractivity contribution in [3.8, 4) is 0 Å². The Bertz CT molecular complexity index is 560. The predicted molar refractivity (Wildman–Crippen MR) is 77.0 cm³/mol. The maximum absolute atomic E-state index is 10.8. The summed E-state index contributed by atoms with van der Waals surface area (Å²) in [5, 5.41) is 2.83. The number of aromatic nitrogens is 2. The first-order valence-corrected chi connectivity index (χ1v) is 6.91. The molecule has 1 aromatic carbocycles. The van der Waals surface area contributed by atoms with Gasteiger partial charge < -0.3 is 9.88 Å². The molecule has 4 heteroatoms. The molecule has 2 rings (SSSR count). The Morgan fingerprint density at radius 2 is 2.16 bits per heavy atom. The third-order valence-electron chi connectivity index (χ3n) is 3.13. The molecule has 0 fully saturated rings. The van der Waals surface area contributed by atoms with E-state index in [1.807, 2.05) is 6.07 Å². The lowest BCUT2D eigenvalue weighted by Crippen LogP contribution is -2.21. The summed E-state index contributed by atoms with van der Waals surface area (Å²) in [4.78, 5) is 15.5.